The zero-order chi connectivity index (χ0) is 37.8. The van der Waals surface area contributed by atoms with E-state index >= 15 is 0 Å². The van der Waals surface area contributed by atoms with Crippen LogP contribution in [-0.4, -0.2) is 9.97 Å². The number of hydrogen-bond acceptors (Lipinski definition) is 4. The largest absolute Gasteiger partial charge is 0.245 e. The van der Waals surface area contributed by atoms with Crippen molar-refractivity contribution in [2.45, 2.75) is 9.79 Å². The Morgan fingerprint density at radius 1 is 0.321 bits per heavy atom. The first kappa shape index (κ1) is 36.5. The Bertz CT molecular complexity index is 2360. The minimum Gasteiger partial charge on any atom is -0.245 e. The Kier molecular flexibility index (Phi) is 11.9. The molecular weight excluding hydrogens is 717 g/mol. The molecule has 268 valence electrons. The number of hydrogen-bond donors (Lipinski definition) is 0. The van der Waals surface area contributed by atoms with Crippen molar-refractivity contribution in [3.05, 3.63) is 250 Å². The monoisotopic (exact) mass is 754 g/mol. The van der Waals surface area contributed by atoms with Crippen LogP contribution >= 0.6 is 23.5 Å². The van der Waals surface area contributed by atoms with E-state index in [0.29, 0.717) is 0 Å². The molecule has 0 aliphatic heterocycles. The molecule has 0 aliphatic carbocycles. The van der Waals surface area contributed by atoms with Crippen LogP contribution < -0.4 is 0 Å². The molecule has 2 nitrogen and oxygen atoms in total. The molecule has 56 heavy (non-hydrogen) atoms. The van der Waals surface area contributed by atoms with Crippen molar-refractivity contribution in [3.63, 3.8) is 0 Å². The second-order valence-electron chi connectivity index (χ2n) is 13.1. The third-order valence-electron chi connectivity index (χ3n) is 9.22. The van der Waals surface area contributed by atoms with E-state index in [1.54, 1.807) is 23.5 Å². The van der Waals surface area contributed by atoms with Gasteiger partial charge in [0, 0.05) is 9.79 Å². The average molecular weight is 755 g/mol. The summed E-state index contributed by atoms with van der Waals surface area (Å²) in [5.74, 6) is 0. The minimum atomic E-state index is 0.823. The molecule has 0 saturated heterocycles. The van der Waals surface area contributed by atoms with E-state index in [9.17, 15) is 0 Å². The second kappa shape index (κ2) is 18.2. The van der Waals surface area contributed by atoms with Crippen LogP contribution in [0.2, 0.25) is 0 Å². The lowest BCUT2D eigenvalue weighted by atomic mass is 10.00. The standard InChI is InChI=1S/C52H38N2S2/c1-5-15-41(16-6-1)47(42-17-7-2-8-18-42)37-55-45-31-25-39(26-32-45)29-35-51-52(54-50-24-14-13-23-49(50)53-51)36-30-40-27-33-46(34-28-40)56-38-48(43-19-9-3-10-20-43)44-21-11-4-12-22-44/h1-38H. The van der Waals surface area contributed by atoms with E-state index < -0.39 is 0 Å². The predicted molar refractivity (Wildman–Crippen MR) is 242 cm³/mol. The summed E-state index contributed by atoms with van der Waals surface area (Å²) in [6, 6.07) is 67.5. The highest BCUT2D eigenvalue weighted by atomic mass is 32.2. The highest BCUT2D eigenvalue weighted by Gasteiger charge is 2.08. The zero-order valence-corrected chi connectivity index (χ0v) is 32.3. The van der Waals surface area contributed by atoms with Crippen LogP contribution in [0.1, 0.15) is 44.8 Å². The Balaban J connectivity index is 0.989. The summed E-state index contributed by atoms with van der Waals surface area (Å²) in [4.78, 5) is 12.4. The Labute approximate surface area is 337 Å². The van der Waals surface area contributed by atoms with Gasteiger partial charge in [0.05, 0.1) is 22.4 Å². The normalized spacial score (nSPS) is 11.2. The van der Waals surface area contributed by atoms with Crippen LogP contribution in [-0.2, 0) is 0 Å². The summed E-state index contributed by atoms with van der Waals surface area (Å²) in [6.45, 7) is 0. The fraction of sp³-hybridized carbons (Fsp3) is 0. The number of nitrogens with zero attached hydrogens (tertiary/aromatic N) is 2. The van der Waals surface area contributed by atoms with Crippen LogP contribution in [0, 0.1) is 0 Å². The summed E-state index contributed by atoms with van der Waals surface area (Å²) in [7, 11) is 0. The molecule has 1 heterocycles. The van der Waals surface area contributed by atoms with E-state index in [2.05, 4.69) is 205 Å². The molecule has 1 aromatic heterocycles. The molecule has 0 N–H and O–H groups in total. The van der Waals surface area contributed by atoms with Gasteiger partial charge in [0.15, 0.2) is 0 Å². The van der Waals surface area contributed by atoms with Gasteiger partial charge in [-0.2, -0.15) is 0 Å². The van der Waals surface area contributed by atoms with Crippen LogP contribution in [0.25, 0.3) is 46.5 Å². The molecule has 0 saturated carbocycles. The minimum absolute atomic E-state index is 0.823. The molecular formula is C52H38N2S2. The lowest BCUT2D eigenvalue weighted by Crippen LogP contribution is -1.93. The molecule has 4 heteroatoms. The van der Waals surface area contributed by atoms with E-state index in [4.69, 9.17) is 9.97 Å². The van der Waals surface area contributed by atoms with Crippen molar-refractivity contribution < 1.29 is 0 Å². The van der Waals surface area contributed by atoms with E-state index in [-0.39, 0.29) is 0 Å². The van der Waals surface area contributed by atoms with Crippen LogP contribution in [0.3, 0.4) is 0 Å². The average Bonchev–Trinajstić information content (AvgIpc) is 3.27. The van der Waals surface area contributed by atoms with Crippen molar-refractivity contribution in [3.8, 4) is 0 Å². The van der Waals surface area contributed by atoms with Gasteiger partial charge in [-0.15, -0.1) is 0 Å². The second-order valence-corrected chi connectivity index (χ2v) is 14.9. The molecule has 0 amide bonds. The summed E-state index contributed by atoms with van der Waals surface area (Å²) >= 11 is 3.46. The molecule has 0 radical (unpaired) electrons. The van der Waals surface area contributed by atoms with Gasteiger partial charge in [-0.1, -0.05) is 193 Å². The van der Waals surface area contributed by atoms with E-state index in [1.165, 1.54) is 43.2 Å². The van der Waals surface area contributed by atoms with Crippen LogP contribution in [0.4, 0.5) is 0 Å². The maximum atomic E-state index is 5.01. The number of rotatable bonds is 12. The predicted octanol–water partition coefficient (Wildman–Crippen LogP) is 14.3. The summed E-state index contributed by atoms with van der Waals surface area (Å²) in [5, 5.41) is 4.49. The molecule has 7 aromatic carbocycles. The SMILES string of the molecule is C(=Cc1nc2ccccc2nc1C=Cc1ccc(SC=C(c2ccccc2)c2ccccc2)cc1)c1ccc(SC=C(c2ccccc2)c2ccccc2)cc1. The molecule has 0 unspecified atom stereocenters. The van der Waals surface area contributed by atoms with Gasteiger partial charge < -0.3 is 0 Å². The first-order valence-electron chi connectivity index (χ1n) is 18.5. The lowest BCUT2D eigenvalue weighted by molar-refractivity contribution is 1.24. The number of thioether (sulfide) groups is 2. The fourth-order valence-corrected chi connectivity index (χ4v) is 7.91. The molecule has 0 bridgehead atoms. The van der Waals surface area contributed by atoms with Crippen molar-refractivity contribution in [2.24, 2.45) is 0 Å². The van der Waals surface area contributed by atoms with Crippen molar-refractivity contribution in [2.75, 3.05) is 0 Å². The van der Waals surface area contributed by atoms with E-state index in [0.717, 1.165) is 33.5 Å². The van der Waals surface area contributed by atoms with Gasteiger partial charge in [0.25, 0.3) is 0 Å². The molecule has 0 aliphatic rings. The first-order valence-corrected chi connectivity index (χ1v) is 20.3. The molecule has 0 atom stereocenters. The molecule has 8 aromatic rings. The van der Waals surface area contributed by atoms with Crippen LogP contribution in [0.5, 0.6) is 0 Å². The third kappa shape index (κ3) is 9.42. The van der Waals surface area contributed by atoms with Crippen LogP contribution in [0.15, 0.2) is 215 Å². The van der Waals surface area contributed by atoms with Gasteiger partial charge in [0.1, 0.15) is 0 Å². The summed E-state index contributed by atoms with van der Waals surface area (Å²) < 4.78 is 0. The summed E-state index contributed by atoms with van der Waals surface area (Å²) in [5.41, 5.74) is 12.8. The zero-order valence-electron chi connectivity index (χ0n) is 30.7. The number of para-hydroxylation sites is 2. The highest BCUT2D eigenvalue weighted by molar-refractivity contribution is 8.02. The van der Waals surface area contributed by atoms with Gasteiger partial charge in [-0.05, 0) is 104 Å². The van der Waals surface area contributed by atoms with Crippen molar-refractivity contribution >= 4 is 70.0 Å². The molecule has 8 rings (SSSR count). The van der Waals surface area contributed by atoms with E-state index in [1.807, 2.05) is 24.3 Å². The van der Waals surface area contributed by atoms with Crippen molar-refractivity contribution in [1.29, 1.82) is 0 Å². The maximum absolute atomic E-state index is 5.01. The van der Waals surface area contributed by atoms with Crippen molar-refractivity contribution in [1.82, 2.24) is 9.97 Å². The lowest BCUT2D eigenvalue weighted by Gasteiger charge is -2.09. The highest BCUT2D eigenvalue weighted by Crippen LogP contribution is 2.32. The summed E-state index contributed by atoms with van der Waals surface area (Å²) in [6.07, 6.45) is 8.34. The Morgan fingerprint density at radius 3 is 0.946 bits per heavy atom. The topological polar surface area (TPSA) is 25.8 Å². The Hall–Kier alpha value is -6.46. The number of aromatic nitrogens is 2. The van der Waals surface area contributed by atoms with Gasteiger partial charge in [0.2, 0.25) is 0 Å². The first-order chi connectivity index (χ1) is 27.7. The number of benzene rings is 7. The molecule has 0 spiro atoms. The fourth-order valence-electron chi connectivity index (χ4n) is 6.27. The molecule has 0 fully saturated rings. The maximum Gasteiger partial charge on any atom is 0.0894 e. The van der Waals surface area contributed by atoms with Gasteiger partial charge in [-0.3, -0.25) is 0 Å². The quantitative estimate of drug-likeness (QED) is 0.116. The third-order valence-corrected chi connectivity index (χ3v) is 11.0. The van der Waals surface area contributed by atoms with Gasteiger partial charge >= 0.3 is 0 Å². The Morgan fingerprint density at radius 2 is 0.625 bits per heavy atom. The van der Waals surface area contributed by atoms with Gasteiger partial charge in [-0.25, -0.2) is 9.97 Å². The number of fused-ring (bicyclic) bond motifs is 1. The smallest absolute Gasteiger partial charge is 0.0894 e.